The molecule has 0 aromatic carbocycles. The summed E-state index contributed by atoms with van der Waals surface area (Å²) in [6.45, 7) is 2.02. The smallest absolute Gasteiger partial charge is 0.0297 e. The highest BCUT2D eigenvalue weighted by Crippen LogP contribution is 1.88. The molecule has 2 nitrogen and oxygen atoms in total. The van der Waals surface area contributed by atoms with Crippen LogP contribution in [0.2, 0.25) is 0 Å². The van der Waals surface area contributed by atoms with Gasteiger partial charge in [-0.2, -0.15) is 0 Å². The van der Waals surface area contributed by atoms with Gasteiger partial charge in [0.15, 0.2) is 0 Å². The maximum Gasteiger partial charge on any atom is 0.0297 e. The summed E-state index contributed by atoms with van der Waals surface area (Å²) < 4.78 is 0. The van der Waals surface area contributed by atoms with Crippen LogP contribution in [-0.4, -0.2) is 9.97 Å². The van der Waals surface area contributed by atoms with Crippen molar-refractivity contribution in [1.29, 1.82) is 0 Å². The van der Waals surface area contributed by atoms with E-state index in [4.69, 9.17) is 0 Å². The Morgan fingerprint density at radius 1 is 1.17 bits per heavy atom. The second kappa shape index (κ2) is 5.13. The molecule has 2 heterocycles. The van der Waals surface area contributed by atoms with E-state index in [-0.39, 0.29) is 0 Å². The van der Waals surface area contributed by atoms with Gasteiger partial charge in [-0.3, -0.25) is 4.98 Å². The van der Waals surface area contributed by atoms with Crippen LogP contribution in [-0.2, 0) is 0 Å². The van der Waals surface area contributed by atoms with E-state index in [2.05, 4.69) is 9.97 Å². The van der Waals surface area contributed by atoms with E-state index >= 15 is 0 Å². The van der Waals surface area contributed by atoms with E-state index in [1.54, 1.807) is 6.20 Å². The van der Waals surface area contributed by atoms with Crippen molar-refractivity contribution in [2.75, 3.05) is 0 Å². The van der Waals surface area contributed by atoms with E-state index in [0.717, 1.165) is 0 Å². The molecule has 2 aromatic heterocycles. The number of aromatic nitrogens is 2. The molecule has 0 bridgehead atoms. The number of hydrogen-bond donors (Lipinski definition) is 1. The molecule has 0 amide bonds. The second-order valence-electron chi connectivity index (χ2n) is 2.42. The maximum atomic E-state index is 3.88. The van der Waals surface area contributed by atoms with Gasteiger partial charge < -0.3 is 4.98 Å². The Hall–Kier alpha value is -1.57. The minimum atomic E-state index is 1.21. The summed E-state index contributed by atoms with van der Waals surface area (Å²) in [4.78, 5) is 6.75. The predicted octanol–water partition coefficient (Wildman–Crippen LogP) is 2.40. The van der Waals surface area contributed by atoms with Crippen LogP contribution in [0.5, 0.6) is 0 Å². The Balaban J connectivity index is 0.000000127. The Labute approximate surface area is 72.3 Å². The number of nitrogens with one attached hydrogen (secondary N) is 1. The zero-order chi connectivity index (χ0) is 8.65. The zero-order valence-electron chi connectivity index (χ0n) is 7.07. The average molecular weight is 160 g/mol. The van der Waals surface area contributed by atoms with Crippen molar-refractivity contribution in [1.82, 2.24) is 9.97 Å². The highest BCUT2D eigenvalue weighted by atomic mass is 14.6. The highest BCUT2D eigenvalue weighted by Gasteiger charge is 1.73. The lowest BCUT2D eigenvalue weighted by molar-refractivity contribution is 1.27. The number of aryl methyl sites for hydroxylation is 1. The molecule has 0 saturated heterocycles. The summed E-state index contributed by atoms with van der Waals surface area (Å²) in [7, 11) is 0. The summed E-state index contributed by atoms with van der Waals surface area (Å²) in [5.74, 6) is 0. The summed E-state index contributed by atoms with van der Waals surface area (Å²) in [5.41, 5.74) is 1.21. The standard InChI is InChI=1S/C6H7N.C4H5N/c1-6-3-2-4-7-5-6;1-2-4-5-3-1/h2-5H,1H3;1-5H. The van der Waals surface area contributed by atoms with Crippen LogP contribution in [0.3, 0.4) is 0 Å². The minimum Gasteiger partial charge on any atom is -0.368 e. The first-order valence-corrected chi connectivity index (χ1v) is 3.84. The van der Waals surface area contributed by atoms with Crippen LogP contribution in [0, 0.1) is 6.92 Å². The van der Waals surface area contributed by atoms with Crippen LogP contribution in [0.15, 0.2) is 49.1 Å². The van der Waals surface area contributed by atoms with E-state index < -0.39 is 0 Å². The van der Waals surface area contributed by atoms with Gasteiger partial charge in [-0.25, -0.2) is 0 Å². The van der Waals surface area contributed by atoms with Gasteiger partial charge in [-0.05, 0) is 30.7 Å². The van der Waals surface area contributed by atoms with Gasteiger partial charge in [0.05, 0.1) is 0 Å². The third-order valence-corrected chi connectivity index (χ3v) is 1.31. The first-order valence-electron chi connectivity index (χ1n) is 3.84. The molecule has 0 fully saturated rings. The number of pyridine rings is 1. The van der Waals surface area contributed by atoms with Crippen LogP contribution in [0.25, 0.3) is 0 Å². The third-order valence-electron chi connectivity index (χ3n) is 1.31. The molecule has 0 saturated carbocycles. The van der Waals surface area contributed by atoms with Gasteiger partial charge >= 0.3 is 0 Å². The molecule has 1 N–H and O–H groups in total. The maximum absolute atomic E-state index is 3.88. The third kappa shape index (κ3) is 3.56. The lowest BCUT2D eigenvalue weighted by Gasteiger charge is -1.82. The molecular formula is C10H12N2. The second-order valence-corrected chi connectivity index (χ2v) is 2.42. The summed E-state index contributed by atoms with van der Waals surface area (Å²) in [6.07, 6.45) is 7.35. The van der Waals surface area contributed by atoms with Crippen molar-refractivity contribution < 1.29 is 0 Å². The van der Waals surface area contributed by atoms with Crippen LogP contribution >= 0.6 is 0 Å². The zero-order valence-corrected chi connectivity index (χ0v) is 7.07. The van der Waals surface area contributed by atoms with Gasteiger partial charge in [0.1, 0.15) is 0 Å². The Kier molecular flexibility index (Phi) is 3.64. The SMILES string of the molecule is Cc1cccnc1.c1cc[nH]c1. The first-order chi connectivity index (χ1) is 5.89. The van der Waals surface area contributed by atoms with Crippen molar-refractivity contribution in [3.8, 4) is 0 Å². The van der Waals surface area contributed by atoms with Crippen molar-refractivity contribution >= 4 is 0 Å². The van der Waals surface area contributed by atoms with Gasteiger partial charge in [-0.1, -0.05) is 6.07 Å². The number of nitrogens with zero attached hydrogens (tertiary/aromatic N) is 1. The van der Waals surface area contributed by atoms with E-state index in [1.807, 2.05) is 49.8 Å². The topological polar surface area (TPSA) is 28.7 Å². The lowest BCUT2D eigenvalue weighted by Crippen LogP contribution is -1.69. The van der Waals surface area contributed by atoms with Crippen molar-refractivity contribution in [2.45, 2.75) is 6.92 Å². The predicted molar refractivity (Wildman–Crippen MR) is 49.8 cm³/mol. The van der Waals surface area contributed by atoms with Crippen LogP contribution in [0.1, 0.15) is 5.56 Å². The summed E-state index contributed by atoms with van der Waals surface area (Å²) >= 11 is 0. The monoisotopic (exact) mass is 160 g/mol. The molecule has 2 rings (SSSR count). The highest BCUT2D eigenvalue weighted by molar-refractivity contribution is 5.04. The van der Waals surface area contributed by atoms with Gasteiger partial charge in [0.2, 0.25) is 0 Å². The molecule has 0 unspecified atom stereocenters. The summed E-state index contributed by atoms with van der Waals surface area (Å²) in [6, 6.07) is 7.84. The number of hydrogen-bond acceptors (Lipinski definition) is 1. The van der Waals surface area contributed by atoms with E-state index in [1.165, 1.54) is 5.56 Å². The molecule has 0 radical (unpaired) electrons. The quantitative estimate of drug-likeness (QED) is 0.630. The molecule has 0 spiro atoms. The van der Waals surface area contributed by atoms with Gasteiger partial charge in [-0.15, -0.1) is 0 Å². The molecule has 62 valence electrons. The Morgan fingerprint density at radius 2 is 1.92 bits per heavy atom. The fourth-order valence-corrected chi connectivity index (χ4v) is 0.726. The molecule has 0 aliphatic rings. The molecule has 0 aliphatic carbocycles. The largest absolute Gasteiger partial charge is 0.368 e. The van der Waals surface area contributed by atoms with Crippen molar-refractivity contribution in [3.05, 3.63) is 54.6 Å². The molecule has 12 heavy (non-hydrogen) atoms. The molecule has 0 aliphatic heterocycles. The number of aromatic amines is 1. The number of H-pyrrole nitrogens is 1. The first kappa shape index (κ1) is 8.53. The Morgan fingerprint density at radius 3 is 2.17 bits per heavy atom. The lowest BCUT2D eigenvalue weighted by atomic mass is 10.3. The van der Waals surface area contributed by atoms with E-state index in [9.17, 15) is 0 Å². The fraction of sp³-hybridized carbons (Fsp3) is 0.100. The minimum absolute atomic E-state index is 1.21. The average Bonchev–Trinajstić information content (AvgIpc) is 2.62. The number of rotatable bonds is 0. The van der Waals surface area contributed by atoms with Crippen LogP contribution in [0.4, 0.5) is 0 Å². The molecule has 0 atom stereocenters. The summed E-state index contributed by atoms with van der Waals surface area (Å²) in [5, 5.41) is 0. The normalized spacial score (nSPS) is 8.42. The van der Waals surface area contributed by atoms with Crippen LogP contribution < -0.4 is 0 Å². The Bertz CT molecular complexity index is 257. The van der Waals surface area contributed by atoms with Gasteiger partial charge in [0.25, 0.3) is 0 Å². The van der Waals surface area contributed by atoms with Crippen molar-refractivity contribution in [3.63, 3.8) is 0 Å². The molecule has 2 aromatic rings. The van der Waals surface area contributed by atoms with E-state index in [0.29, 0.717) is 0 Å². The van der Waals surface area contributed by atoms with Crippen molar-refractivity contribution in [2.24, 2.45) is 0 Å². The molecule has 2 heteroatoms. The fourth-order valence-electron chi connectivity index (χ4n) is 0.726. The van der Waals surface area contributed by atoms with Gasteiger partial charge in [0, 0.05) is 24.8 Å². The molecular weight excluding hydrogens is 148 g/mol.